The number of aliphatic hydroxyl groups excluding tert-OH is 1. The number of hydrogen-bond acceptors (Lipinski definition) is 5. The third-order valence-corrected chi connectivity index (χ3v) is 7.21. The van der Waals surface area contributed by atoms with E-state index in [0.717, 1.165) is 23.5 Å². The molecule has 4 rings (SSSR count). The molecule has 1 heterocycles. The van der Waals surface area contributed by atoms with Gasteiger partial charge in [-0.1, -0.05) is 60.3 Å². The molecule has 1 aliphatic rings. The molecule has 0 bridgehead atoms. The molecule has 3 nitrogen and oxygen atoms in total. The van der Waals surface area contributed by atoms with E-state index in [0.29, 0.717) is 13.2 Å². The summed E-state index contributed by atoms with van der Waals surface area (Å²) in [7, 11) is 0. The summed E-state index contributed by atoms with van der Waals surface area (Å²) in [5.41, 5.74) is 1.13. The Morgan fingerprint density at radius 3 is 1.90 bits per heavy atom. The van der Waals surface area contributed by atoms with Crippen LogP contribution in [0.3, 0.4) is 0 Å². The molecule has 3 aromatic rings. The molecule has 1 fully saturated rings. The molecule has 2 atom stereocenters. The first-order valence-corrected chi connectivity index (χ1v) is 11.5. The normalized spacial score (nSPS) is 17.0. The second kappa shape index (κ2) is 10.3. The Balaban J connectivity index is 1.54. The van der Waals surface area contributed by atoms with Crippen LogP contribution in [0.5, 0.6) is 0 Å². The fourth-order valence-electron chi connectivity index (χ4n) is 3.33. The van der Waals surface area contributed by atoms with Crippen LogP contribution >= 0.6 is 23.5 Å². The van der Waals surface area contributed by atoms with Crippen LogP contribution in [0.4, 0.5) is 0 Å². The van der Waals surface area contributed by atoms with Crippen LogP contribution in [-0.4, -0.2) is 42.5 Å². The Bertz CT molecular complexity index is 868. The predicted octanol–water partition coefficient (Wildman–Crippen LogP) is 5.32. The van der Waals surface area contributed by atoms with E-state index >= 15 is 0 Å². The van der Waals surface area contributed by atoms with Gasteiger partial charge in [-0.3, -0.25) is 4.90 Å². The van der Waals surface area contributed by atoms with Crippen molar-refractivity contribution < 1.29 is 9.84 Å². The molecular formula is C24H25NO2S2. The van der Waals surface area contributed by atoms with Crippen LogP contribution in [-0.2, 0) is 4.74 Å². The smallest absolute Gasteiger partial charge is 0.124 e. The van der Waals surface area contributed by atoms with Gasteiger partial charge >= 0.3 is 0 Å². The van der Waals surface area contributed by atoms with E-state index in [1.165, 1.54) is 9.79 Å². The minimum absolute atomic E-state index is 0.0636. The molecule has 1 N–H and O–H groups in total. The first-order chi connectivity index (χ1) is 14.3. The van der Waals surface area contributed by atoms with Crippen molar-refractivity contribution >= 4 is 23.5 Å². The lowest BCUT2D eigenvalue weighted by Gasteiger charge is -2.35. The molecule has 0 saturated carbocycles. The predicted molar refractivity (Wildman–Crippen MR) is 120 cm³/mol. The van der Waals surface area contributed by atoms with E-state index in [4.69, 9.17) is 4.74 Å². The number of hydrogen-bond donors (Lipinski definition) is 1. The Morgan fingerprint density at radius 2 is 1.28 bits per heavy atom. The zero-order valence-electron chi connectivity index (χ0n) is 16.2. The van der Waals surface area contributed by atoms with Gasteiger partial charge in [0.15, 0.2) is 0 Å². The van der Waals surface area contributed by atoms with Crippen molar-refractivity contribution in [2.75, 3.05) is 26.3 Å². The summed E-state index contributed by atoms with van der Waals surface area (Å²) in [6.45, 7) is 2.86. The zero-order chi connectivity index (χ0) is 19.9. The Kier molecular flexibility index (Phi) is 7.30. The lowest BCUT2D eigenvalue weighted by atomic mass is 10.1. The summed E-state index contributed by atoms with van der Waals surface area (Å²) in [4.78, 5) is 5.71. The molecule has 0 aromatic heterocycles. The Morgan fingerprint density at radius 1 is 0.724 bits per heavy atom. The highest BCUT2D eigenvalue weighted by molar-refractivity contribution is 7.99. The molecule has 3 aromatic carbocycles. The number of nitrogens with zero attached hydrogens (tertiary/aromatic N) is 1. The Labute approximate surface area is 181 Å². The second-order valence-electron chi connectivity index (χ2n) is 6.90. The largest absolute Gasteiger partial charge is 0.379 e. The van der Waals surface area contributed by atoms with Gasteiger partial charge in [0.25, 0.3) is 0 Å². The van der Waals surface area contributed by atoms with Gasteiger partial charge in [-0.15, -0.1) is 11.8 Å². The van der Waals surface area contributed by atoms with Crippen LogP contribution in [0.15, 0.2) is 99.6 Å². The van der Waals surface area contributed by atoms with Gasteiger partial charge in [0.1, 0.15) is 6.23 Å². The number of ether oxygens (including phenoxy) is 1. The first-order valence-electron chi connectivity index (χ1n) is 9.84. The summed E-state index contributed by atoms with van der Waals surface area (Å²) < 4.78 is 5.46. The van der Waals surface area contributed by atoms with Crippen LogP contribution < -0.4 is 0 Å². The SMILES string of the molecule is O[C@@H]([C@@H](Sc1ccccc1)c1ccc(Sc2ccccc2)cc1)N1CCOCC1. The van der Waals surface area contributed by atoms with Gasteiger partial charge in [0.05, 0.1) is 18.5 Å². The summed E-state index contributed by atoms with van der Waals surface area (Å²) in [6.07, 6.45) is -0.559. The minimum atomic E-state index is -0.559. The minimum Gasteiger partial charge on any atom is -0.379 e. The van der Waals surface area contributed by atoms with Crippen LogP contribution in [0.1, 0.15) is 10.8 Å². The van der Waals surface area contributed by atoms with Gasteiger partial charge in [-0.2, -0.15) is 0 Å². The zero-order valence-corrected chi connectivity index (χ0v) is 17.8. The molecular weight excluding hydrogens is 398 g/mol. The molecule has 150 valence electrons. The number of benzene rings is 3. The average Bonchev–Trinajstić information content (AvgIpc) is 2.80. The number of morpholine rings is 1. The number of thioether (sulfide) groups is 1. The van der Waals surface area contributed by atoms with Gasteiger partial charge in [0, 0.05) is 27.8 Å². The first kappa shape index (κ1) is 20.5. The van der Waals surface area contributed by atoms with Crippen molar-refractivity contribution in [2.24, 2.45) is 0 Å². The molecule has 0 unspecified atom stereocenters. The molecule has 1 aliphatic heterocycles. The van der Waals surface area contributed by atoms with E-state index in [1.54, 1.807) is 23.5 Å². The third kappa shape index (κ3) is 5.65. The van der Waals surface area contributed by atoms with Gasteiger partial charge in [0.2, 0.25) is 0 Å². The molecule has 29 heavy (non-hydrogen) atoms. The van der Waals surface area contributed by atoms with Crippen molar-refractivity contribution in [3.63, 3.8) is 0 Å². The standard InChI is InChI=1S/C24H25NO2S2/c26-24(25-15-17-27-18-16-25)23(29-21-9-5-2-6-10-21)19-11-13-22(14-12-19)28-20-7-3-1-4-8-20/h1-14,23-24,26H,15-18H2/t23-,24-/m0/s1. The Hall–Kier alpha value is -1.76. The average molecular weight is 424 g/mol. The van der Waals surface area contributed by atoms with Crippen molar-refractivity contribution in [3.8, 4) is 0 Å². The fraction of sp³-hybridized carbons (Fsp3) is 0.250. The lowest BCUT2D eigenvalue weighted by molar-refractivity contribution is -0.0589. The molecule has 1 saturated heterocycles. The summed E-state index contributed by atoms with van der Waals surface area (Å²) in [5, 5.41) is 11.1. The number of aliphatic hydroxyl groups is 1. The van der Waals surface area contributed by atoms with Crippen LogP contribution in [0.2, 0.25) is 0 Å². The highest BCUT2D eigenvalue weighted by Crippen LogP contribution is 2.40. The third-order valence-electron chi connectivity index (χ3n) is 4.88. The van der Waals surface area contributed by atoms with E-state index in [2.05, 4.69) is 65.6 Å². The van der Waals surface area contributed by atoms with Gasteiger partial charge in [-0.25, -0.2) is 0 Å². The monoisotopic (exact) mass is 423 g/mol. The maximum absolute atomic E-state index is 11.2. The molecule has 0 aliphatic carbocycles. The van der Waals surface area contributed by atoms with E-state index in [1.807, 2.05) is 24.3 Å². The summed E-state index contributed by atoms with van der Waals surface area (Å²) >= 11 is 3.47. The maximum atomic E-state index is 11.2. The topological polar surface area (TPSA) is 32.7 Å². The molecule has 5 heteroatoms. The second-order valence-corrected chi connectivity index (χ2v) is 9.26. The highest BCUT2D eigenvalue weighted by Gasteiger charge is 2.29. The molecule has 0 radical (unpaired) electrons. The van der Waals surface area contributed by atoms with Crippen molar-refractivity contribution in [1.82, 2.24) is 4.90 Å². The summed E-state index contributed by atoms with van der Waals surface area (Å²) in [5.74, 6) is 0. The maximum Gasteiger partial charge on any atom is 0.124 e. The lowest BCUT2D eigenvalue weighted by Crippen LogP contribution is -2.45. The van der Waals surface area contributed by atoms with E-state index in [9.17, 15) is 5.11 Å². The van der Waals surface area contributed by atoms with Gasteiger partial charge < -0.3 is 9.84 Å². The van der Waals surface area contributed by atoms with Crippen molar-refractivity contribution in [2.45, 2.75) is 26.2 Å². The fourth-order valence-corrected chi connectivity index (χ4v) is 5.36. The highest BCUT2D eigenvalue weighted by atomic mass is 32.2. The molecule has 0 spiro atoms. The molecule has 0 amide bonds. The van der Waals surface area contributed by atoms with Crippen molar-refractivity contribution in [3.05, 3.63) is 90.5 Å². The van der Waals surface area contributed by atoms with Gasteiger partial charge in [-0.05, 0) is 42.0 Å². The summed E-state index contributed by atoms with van der Waals surface area (Å²) in [6, 6.07) is 29.3. The quantitative estimate of drug-likeness (QED) is 0.520. The van der Waals surface area contributed by atoms with Crippen molar-refractivity contribution in [1.29, 1.82) is 0 Å². The van der Waals surface area contributed by atoms with Crippen LogP contribution in [0.25, 0.3) is 0 Å². The van der Waals surface area contributed by atoms with E-state index in [-0.39, 0.29) is 5.25 Å². The van der Waals surface area contributed by atoms with E-state index < -0.39 is 6.23 Å². The van der Waals surface area contributed by atoms with Crippen LogP contribution in [0, 0.1) is 0 Å². The number of rotatable bonds is 7.